The van der Waals surface area contributed by atoms with Gasteiger partial charge in [-0.05, 0) is 26.2 Å². The minimum atomic E-state index is -0.239. The maximum atomic E-state index is 12.2. The van der Waals surface area contributed by atoms with E-state index in [9.17, 15) is 9.59 Å². The Morgan fingerprint density at radius 1 is 1.44 bits per heavy atom. The van der Waals surface area contributed by atoms with Gasteiger partial charge in [-0.25, -0.2) is 4.79 Å². The average Bonchev–Trinajstić information content (AvgIpc) is 2.77. The van der Waals surface area contributed by atoms with E-state index in [1.165, 1.54) is 30.6 Å². The molecule has 0 aromatic rings. The third-order valence-corrected chi connectivity index (χ3v) is 4.23. The van der Waals surface area contributed by atoms with Crippen molar-refractivity contribution >= 4 is 11.9 Å². The molecule has 1 aliphatic heterocycles. The minimum absolute atomic E-state index is 0.0530. The molecule has 0 aromatic heterocycles. The summed E-state index contributed by atoms with van der Waals surface area (Å²) in [6.07, 6.45) is 5.01. The molecule has 0 radical (unpaired) electrons. The van der Waals surface area contributed by atoms with Crippen molar-refractivity contribution in [1.29, 1.82) is 0 Å². The summed E-state index contributed by atoms with van der Waals surface area (Å²) in [4.78, 5) is 25.0. The standard InChI is InChI=1S/C13H23N3O2/c1-9-5-3-4-6-11(9)15-10(2)12(17)16-8-7-14-13(16)18/h9-11,15H,3-8H2,1-2H3,(H,14,18)/p+1/t9-,10+,11-/m1/s1. The second kappa shape index (κ2) is 5.69. The quantitative estimate of drug-likeness (QED) is 0.748. The summed E-state index contributed by atoms with van der Waals surface area (Å²) in [6, 6.07) is 0.139. The Labute approximate surface area is 108 Å². The van der Waals surface area contributed by atoms with Gasteiger partial charge >= 0.3 is 6.03 Å². The number of carbonyl (C=O) groups is 2. The number of hydrogen-bond acceptors (Lipinski definition) is 2. The van der Waals surface area contributed by atoms with Crippen molar-refractivity contribution in [3.8, 4) is 0 Å². The van der Waals surface area contributed by atoms with Crippen molar-refractivity contribution in [3.05, 3.63) is 0 Å². The summed E-state index contributed by atoms with van der Waals surface area (Å²) in [5.74, 6) is 0.615. The maximum absolute atomic E-state index is 12.2. The maximum Gasteiger partial charge on any atom is 0.324 e. The zero-order chi connectivity index (χ0) is 13.1. The Morgan fingerprint density at radius 2 is 2.17 bits per heavy atom. The zero-order valence-corrected chi connectivity index (χ0v) is 11.3. The topological polar surface area (TPSA) is 66.0 Å². The molecule has 3 atom stereocenters. The van der Waals surface area contributed by atoms with Crippen LogP contribution < -0.4 is 10.6 Å². The van der Waals surface area contributed by atoms with Crippen LogP contribution in [0.1, 0.15) is 39.5 Å². The van der Waals surface area contributed by atoms with E-state index in [0.29, 0.717) is 25.0 Å². The lowest BCUT2D eigenvalue weighted by Gasteiger charge is -2.29. The van der Waals surface area contributed by atoms with E-state index >= 15 is 0 Å². The van der Waals surface area contributed by atoms with Crippen molar-refractivity contribution in [2.75, 3.05) is 13.1 Å². The first-order valence-corrected chi connectivity index (χ1v) is 7.04. The molecule has 1 saturated heterocycles. The zero-order valence-electron chi connectivity index (χ0n) is 11.3. The van der Waals surface area contributed by atoms with Crippen LogP contribution in [-0.4, -0.2) is 42.0 Å². The molecular weight excluding hydrogens is 230 g/mol. The number of carbonyl (C=O) groups excluding carboxylic acids is 2. The van der Waals surface area contributed by atoms with Crippen LogP contribution in [0.5, 0.6) is 0 Å². The number of amides is 3. The van der Waals surface area contributed by atoms with E-state index in [0.717, 1.165) is 0 Å². The van der Waals surface area contributed by atoms with Crippen molar-refractivity contribution < 1.29 is 14.9 Å². The summed E-state index contributed by atoms with van der Waals surface area (Å²) in [5, 5.41) is 4.83. The Kier molecular flexibility index (Phi) is 4.22. The van der Waals surface area contributed by atoms with Crippen molar-refractivity contribution in [2.45, 2.75) is 51.6 Å². The Balaban J connectivity index is 1.88. The number of nitrogens with zero attached hydrogens (tertiary/aromatic N) is 1. The second-order valence-corrected chi connectivity index (χ2v) is 5.63. The van der Waals surface area contributed by atoms with E-state index in [2.05, 4.69) is 17.6 Å². The number of urea groups is 1. The van der Waals surface area contributed by atoms with Crippen molar-refractivity contribution in [2.24, 2.45) is 5.92 Å². The van der Waals surface area contributed by atoms with Gasteiger partial charge < -0.3 is 10.6 Å². The van der Waals surface area contributed by atoms with Crippen LogP contribution in [0.3, 0.4) is 0 Å². The molecule has 5 nitrogen and oxygen atoms in total. The molecule has 1 aliphatic carbocycles. The van der Waals surface area contributed by atoms with E-state index in [1.807, 2.05) is 6.92 Å². The van der Waals surface area contributed by atoms with Gasteiger partial charge in [0.25, 0.3) is 5.91 Å². The van der Waals surface area contributed by atoms with Crippen LogP contribution in [-0.2, 0) is 4.79 Å². The normalized spacial score (nSPS) is 30.1. The fourth-order valence-corrected chi connectivity index (χ4v) is 3.01. The predicted octanol–water partition coefficient (Wildman–Crippen LogP) is 0.0688. The van der Waals surface area contributed by atoms with Gasteiger partial charge in [-0.2, -0.15) is 0 Å². The number of nitrogens with one attached hydrogen (secondary N) is 1. The molecule has 2 fully saturated rings. The van der Waals surface area contributed by atoms with Gasteiger partial charge in [0, 0.05) is 19.0 Å². The van der Waals surface area contributed by atoms with E-state index in [4.69, 9.17) is 0 Å². The summed E-state index contributed by atoms with van der Waals surface area (Å²) >= 11 is 0. The molecule has 102 valence electrons. The van der Waals surface area contributed by atoms with Crippen LogP contribution in [0, 0.1) is 5.92 Å². The second-order valence-electron chi connectivity index (χ2n) is 5.63. The number of nitrogens with two attached hydrogens (primary N) is 1. The highest BCUT2D eigenvalue weighted by Gasteiger charge is 2.34. The van der Waals surface area contributed by atoms with Crippen LogP contribution in [0.15, 0.2) is 0 Å². The third-order valence-electron chi connectivity index (χ3n) is 4.23. The van der Waals surface area contributed by atoms with E-state index in [-0.39, 0.29) is 18.0 Å². The Morgan fingerprint density at radius 3 is 2.78 bits per heavy atom. The van der Waals surface area contributed by atoms with Crippen molar-refractivity contribution in [1.82, 2.24) is 10.2 Å². The van der Waals surface area contributed by atoms with Crippen LogP contribution in [0.25, 0.3) is 0 Å². The number of hydrogen-bond donors (Lipinski definition) is 2. The first-order chi connectivity index (χ1) is 8.59. The van der Waals surface area contributed by atoms with Crippen LogP contribution in [0.4, 0.5) is 4.79 Å². The highest BCUT2D eigenvalue weighted by molar-refractivity contribution is 5.97. The fourth-order valence-electron chi connectivity index (χ4n) is 3.01. The van der Waals surface area contributed by atoms with E-state index in [1.54, 1.807) is 0 Å². The average molecular weight is 254 g/mol. The molecule has 1 heterocycles. The number of rotatable bonds is 3. The van der Waals surface area contributed by atoms with Gasteiger partial charge in [-0.15, -0.1) is 0 Å². The highest BCUT2D eigenvalue weighted by Crippen LogP contribution is 2.21. The van der Waals surface area contributed by atoms with Crippen molar-refractivity contribution in [3.63, 3.8) is 0 Å². The molecule has 1 saturated carbocycles. The van der Waals surface area contributed by atoms with Gasteiger partial charge in [-0.1, -0.05) is 13.3 Å². The molecule has 2 aliphatic rings. The van der Waals surface area contributed by atoms with Gasteiger partial charge in [0.2, 0.25) is 0 Å². The highest BCUT2D eigenvalue weighted by atomic mass is 16.2. The van der Waals surface area contributed by atoms with Gasteiger partial charge in [0.1, 0.15) is 0 Å². The third kappa shape index (κ3) is 2.83. The molecule has 0 spiro atoms. The predicted molar refractivity (Wildman–Crippen MR) is 67.9 cm³/mol. The molecule has 0 bridgehead atoms. The Bertz CT molecular complexity index is 332. The molecule has 0 aromatic carbocycles. The van der Waals surface area contributed by atoms with Crippen LogP contribution in [0.2, 0.25) is 0 Å². The molecule has 3 amide bonds. The largest absolute Gasteiger partial charge is 0.336 e. The monoisotopic (exact) mass is 254 g/mol. The molecule has 0 unspecified atom stereocenters. The lowest BCUT2D eigenvalue weighted by Crippen LogP contribution is -2.97. The first-order valence-electron chi connectivity index (χ1n) is 7.04. The lowest BCUT2D eigenvalue weighted by atomic mass is 9.85. The number of imide groups is 1. The summed E-state index contributed by atoms with van der Waals surface area (Å²) in [7, 11) is 0. The molecule has 5 heteroatoms. The summed E-state index contributed by atoms with van der Waals surface area (Å²) in [5.41, 5.74) is 0. The van der Waals surface area contributed by atoms with E-state index < -0.39 is 0 Å². The summed E-state index contributed by atoms with van der Waals surface area (Å²) < 4.78 is 0. The smallest absolute Gasteiger partial charge is 0.324 e. The SMILES string of the molecule is C[C@H]([NH2+][C@@H]1CCCC[C@H]1C)C(=O)N1CCNC1=O. The van der Waals surface area contributed by atoms with Gasteiger partial charge in [-0.3, -0.25) is 9.69 Å². The molecule has 2 rings (SSSR count). The van der Waals surface area contributed by atoms with Crippen LogP contribution >= 0.6 is 0 Å². The molecular formula is C13H24N3O2+. The van der Waals surface area contributed by atoms with Gasteiger partial charge in [0.15, 0.2) is 6.04 Å². The number of quaternary nitrogens is 1. The minimum Gasteiger partial charge on any atom is -0.336 e. The first kappa shape index (κ1) is 13.3. The molecule has 3 N–H and O–H groups in total. The Hall–Kier alpha value is -1.10. The molecule has 18 heavy (non-hydrogen) atoms. The fraction of sp³-hybridized carbons (Fsp3) is 0.846. The van der Waals surface area contributed by atoms with Gasteiger partial charge in [0.05, 0.1) is 6.04 Å². The summed E-state index contributed by atoms with van der Waals surface area (Å²) in [6.45, 7) is 5.27. The lowest BCUT2D eigenvalue weighted by molar-refractivity contribution is -0.715.